The summed E-state index contributed by atoms with van der Waals surface area (Å²) in [4.78, 5) is 4.48. The highest BCUT2D eigenvalue weighted by molar-refractivity contribution is 7.19. The summed E-state index contributed by atoms with van der Waals surface area (Å²) in [6.07, 6.45) is 0. The van der Waals surface area contributed by atoms with Gasteiger partial charge in [-0.05, 0) is 25.5 Å². The Labute approximate surface area is 110 Å². The first-order chi connectivity index (χ1) is 8.56. The van der Waals surface area contributed by atoms with E-state index in [0.717, 1.165) is 38.3 Å². The van der Waals surface area contributed by atoms with Gasteiger partial charge in [0.25, 0.3) is 0 Å². The third-order valence-corrected chi connectivity index (χ3v) is 3.78. The SMILES string of the molecule is COc1cc(C)c(-c2nc(C)c(N)s2)c(OC)c1. The van der Waals surface area contributed by atoms with Crippen molar-refractivity contribution in [1.29, 1.82) is 0 Å². The van der Waals surface area contributed by atoms with Gasteiger partial charge >= 0.3 is 0 Å². The first-order valence-electron chi connectivity index (χ1n) is 5.52. The molecule has 4 nitrogen and oxygen atoms in total. The zero-order valence-corrected chi connectivity index (χ0v) is 11.7. The zero-order chi connectivity index (χ0) is 13.3. The van der Waals surface area contributed by atoms with E-state index in [1.807, 2.05) is 26.0 Å². The normalized spacial score (nSPS) is 10.4. The number of nitrogen functional groups attached to an aromatic ring is 1. The molecule has 2 rings (SSSR count). The van der Waals surface area contributed by atoms with Crippen LogP contribution in [0.4, 0.5) is 5.00 Å². The monoisotopic (exact) mass is 264 g/mol. The fraction of sp³-hybridized carbons (Fsp3) is 0.308. The lowest BCUT2D eigenvalue weighted by Crippen LogP contribution is -1.93. The summed E-state index contributed by atoms with van der Waals surface area (Å²) < 4.78 is 10.7. The Morgan fingerprint density at radius 2 is 1.89 bits per heavy atom. The maximum absolute atomic E-state index is 5.87. The highest BCUT2D eigenvalue weighted by Crippen LogP contribution is 2.40. The zero-order valence-electron chi connectivity index (χ0n) is 10.9. The summed E-state index contributed by atoms with van der Waals surface area (Å²) in [5.41, 5.74) is 8.75. The smallest absolute Gasteiger partial charge is 0.133 e. The van der Waals surface area contributed by atoms with Gasteiger partial charge in [-0.2, -0.15) is 0 Å². The molecular formula is C13H16N2O2S. The number of benzene rings is 1. The van der Waals surface area contributed by atoms with E-state index >= 15 is 0 Å². The molecule has 0 amide bonds. The molecule has 1 heterocycles. The molecule has 1 aromatic carbocycles. The Bertz CT molecular complexity index is 559. The first-order valence-corrected chi connectivity index (χ1v) is 6.34. The molecule has 0 radical (unpaired) electrons. The van der Waals surface area contributed by atoms with Crippen LogP contribution in [0, 0.1) is 13.8 Å². The van der Waals surface area contributed by atoms with E-state index < -0.39 is 0 Å². The average molecular weight is 264 g/mol. The molecule has 0 aliphatic heterocycles. The van der Waals surface area contributed by atoms with Gasteiger partial charge < -0.3 is 15.2 Å². The maximum Gasteiger partial charge on any atom is 0.133 e. The van der Waals surface area contributed by atoms with Gasteiger partial charge in [0.05, 0.1) is 25.5 Å². The highest BCUT2D eigenvalue weighted by Gasteiger charge is 2.16. The van der Waals surface area contributed by atoms with E-state index in [4.69, 9.17) is 15.2 Å². The van der Waals surface area contributed by atoms with Gasteiger partial charge in [0, 0.05) is 6.07 Å². The fourth-order valence-electron chi connectivity index (χ4n) is 1.79. The molecule has 5 heteroatoms. The van der Waals surface area contributed by atoms with E-state index in [-0.39, 0.29) is 0 Å². The van der Waals surface area contributed by atoms with Crippen LogP contribution < -0.4 is 15.2 Å². The van der Waals surface area contributed by atoms with Crippen molar-refractivity contribution in [2.75, 3.05) is 20.0 Å². The quantitative estimate of drug-likeness (QED) is 0.925. The molecule has 0 aliphatic rings. The molecule has 0 unspecified atom stereocenters. The summed E-state index contributed by atoms with van der Waals surface area (Å²) in [5.74, 6) is 1.52. The summed E-state index contributed by atoms with van der Waals surface area (Å²) >= 11 is 1.47. The Balaban J connectivity index is 2.62. The van der Waals surface area contributed by atoms with Crippen LogP contribution in [0.25, 0.3) is 10.6 Å². The summed E-state index contributed by atoms with van der Waals surface area (Å²) in [6, 6.07) is 3.82. The number of thiazole rings is 1. The van der Waals surface area contributed by atoms with Crippen LogP contribution in [0.3, 0.4) is 0 Å². The summed E-state index contributed by atoms with van der Waals surface area (Å²) in [5, 5.41) is 1.62. The molecule has 0 spiro atoms. The molecule has 0 bridgehead atoms. The molecule has 0 saturated heterocycles. The summed E-state index contributed by atoms with van der Waals surface area (Å²) in [7, 11) is 3.28. The predicted octanol–water partition coefficient (Wildman–Crippen LogP) is 3.03. The number of methoxy groups -OCH3 is 2. The number of hydrogen-bond donors (Lipinski definition) is 1. The molecule has 2 aromatic rings. The van der Waals surface area contributed by atoms with Crippen molar-refractivity contribution < 1.29 is 9.47 Å². The van der Waals surface area contributed by atoms with Crippen LogP contribution in [0.1, 0.15) is 11.3 Å². The number of anilines is 1. The number of hydrogen-bond acceptors (Lipinski definition) is 5. The number of nitrogens with zero attached hydrogens (tertiary/aromatic N) is 1. The van der Waals surface area contributed by atoms with E-state index in [1.54, 1.807) is 14.2 Å². The Hall–Kier alpha value is -1.75. The van der Waals surface area contributed by atoms with Crippen LogP contribution in [-0.2, 0) is 0 Å². The fourth-order valence-corrected chi connectivity index (χ4v) is 2.74. The van der Waals surface area contributed by atoms with Crippen LogP contribution in [-0.4, -0.2) is 19.2 Å². The number of ether oxygens (including phenoxy) is 2. The molecular weight excluding hydrogens is 248 g/mol. The predicted molar refractivity (Wildman–Crippen MR) is 74.5 cm³/mol. The second kappa shape index (κ2) is 4.86. The van der Waals surface area contributed by atoms with Crippen molar-refractivity contribution >= 4 is 16.3 Å². The van der Waals surface area contributed by atoms with Crippen LogP contribution in [0.2, 0.25) is 0 Å². The highest BCUT2D eigenvalue weighted by atomic mass is 32.1. The van der Waals surface area contributed by atoms with Gasteiger partial charge in [0.15, 0.2) is 0 Å². The van der Waals surface area contributed by atoms with Crippen molar-refractivity contribution in [3.05, 3.63) is 23.4 Å². The molecule has 2 N–H and O–H groups in total. The van der Waals surface area contributed by atoms with Crippen molar-refractivity contribution in [2.45, 2.75) is 13.8 Å². The number of aromatic nitrogens is 1. The topological polar surface area (TPSA) is 57.4 Å². The van der Waals surface area contributed by atoms with Crippen molar-refractivity contribution in [2.24, 2.45) is 0 Å². The minimum atomic E-state index is 0.738. The van der Waals surface area contributed by atoms with Crippen LogP contribution >= 0.6 is 11.3 Å². The lowest BCUT2D eigenvalue weighted by atomic mass is 10.1. The molecule has 1 aromatic heterocycles. The van der Waals surface area contributed by atoms with Crippen molar-refractivity contribution in [1.82, 2.24) is 4.98 Å². The molecule has 0 aliphatic carbocycles. The lowest BCUT2D eigenvalue weighted by Gasteiger charge is -2.11. The van der Waals surface area contributed by atoms with E-state index in [2.05, 4.69) is 4.98 Å². The molecule has 18 heavy (non-hydrogen) atoms. The van der Waals surface area contributed by atoms with E-state index in [1.165, 1.54) is 11.3 Å². The number of nitrogens with two attached hydrogens (primary N) is 1. The van der Waals surface area contributed by atoms with Gasteiger partial charge in [-0.25, -0.2) is 4.98 Å². The minimum Gasteiger partial charge on any atom is -0.497 e. The van der Waals surface area contributed by atoms with Gasteiger partial charge in [-0.15, -0.1) is 0 Å². The van der Waals surface area contributed by atoms with Gasteiger partial charge in [0.1, 0.15) is 21.5 Å². The Morgan fingerprint density at radius 3 is 2.39 bits per heavy atom. The molecule has 96 valence electrons. The third kappa shape index (κ3) is 2.13. The standard InChI is InChI=1S/C13H16N2O2S/c1-7-5-9(16-3)6-10(17-4)11(7)13-15-8(2)12(14)18-13/h5-6H,14H2,1-4H3. The summed E-state index contributed by atoms with van der Waals surface area (Å²) in [6.45, 7) is 3.91. The van der Waals surface area contributed by atoms with Gasteiger partial charge in [0.2, 0.25) is 0 Å². The van der Waals surface area contributed by atoms with Crippen LogP contribution in [0.15, 0.2) is 12.1 Å². The van der Waals surface area contributed by atoms with E-state index in [0.29, 0.717) is 0 Å². The minimum absolute atomic E-state index is 0.738. The maximum atomic E-state index is 5.87. The Kier molecular flexibility index (Phi) is 3.43. The van der Waals surface area contributed by atoms with Crippen molar-refractivity contribution in [3.63, 3.8) is 0 Å². The number of rotatable bonds is 3. The molecule has 0 saturated carbocycles. The average Bonchev–Trinajstić information content (AvgIpc) is 2.67. The Morgan fingerprint density at radius 1 is 1.17 bits per heavy atom. The molecule has 0 atom stereocenters. The van der Waals surface area contributed by atoms with Crippen molar-refractivity contribution in [3.8, 4) is 22.1 Å². The lowest BCUT2D eigenvalue weighted by molar-refractivity contribution is 0.395. The molecule has 0 fully saturated rings. The van der Waals surface area contributed by atoms with Gasteiger partial charge in [-0.1, -0.05) is 11.3 Å². The number of aryl methyl sites for hydroxylation is 2. The third-order valence-electron chi connectivity index (χ3n) is 2.77. The van der Waals surface area contributed by atoms with E-state index in [9.17, 15) is 0 Å². The largest absolute Gasteiger partial charge is 0.497 e. The van der Waals surface area contributed by atoms with Crippen LogP contribution in [0.5, 0.6) is 11.5 Å². The second-order valence-electron chi connectivity index (χ2n) is 3.99. The first kappa shape index (κ1) is 12.7. The second-order valence-corrected chi connectivity index (χ2v) is 5.02. The van der Waals surface area contributed by atoms with Gasteiger partial charge in [-0.3, -0.25) is 0 Å².